The smallest absolute Gasteiger partial charge is 0.236 e. The topological polar surface area (TPSA) is 110 Å². The van der Waals surface area contributed by atoms with Crippen molar-refractivity contribution in [1.82, 2.24) is 0 Å². The van der Waals surface area contributed by atoms with Crippen LogP contribution in [-0.2, 0) is 16.0 Å². The molecule has 1 aliphatic carbocycles. The molecule has 3 aliphatic rings. The number of para-hydroxylation sites is 1. The highest BCUT2D eigenvalue weighted by atomic mass is 16.5. The lowest BCUT2D eigenvalue weighted by Crippen LogP contribution is -2.64. The number of carbonyl (C=O) groups is 1. The van der Waals surface area contributed by atoms with E-state index in [1.165, 1.54) is 5.56 Å². The Balaban J connectivity index is 1.24. The van der Waals surface area contributed by atoms with Crippen LogP contribution in [0.25, 0.3) is 0 Å². The number of aliphatic hydroxyl groups excluding tert-OH is 4. The molecule has 1 amide bonds. The van der Waals surface area contributed by atoms with Crippen molar-refractivity contribution in [2.75, 3.05) is 11.5 Å². The van der Waals surface area contributed by atoms with Crippen LogP contribution >= 0.6 is 0 Å². The number of aliphatic hydroxyl groups is 4. The van der Waals surface area contributed by atoms with Gasteiger partial charge < -0.3 is 30.1 Å². The van der Waals surface area contributed by atoms with Crippen LogP contribution in [0.5, 0.6) is 0 Å². The largest absolute Gasteiger partial charge is 0.394 e. The van der Waals surface area contributed by atoms with Crippen molar-refractivity contribution in [3.05, 3.63) is 102 Å². The predicted octanol–water partition coefficient (Wildman–Crippen LogP) is 3.50. The maximum atomic E-state index is 13.9. The van der Waals surface area contributed by atoms with Gasteiger partial charge in [0.1, 0.15) is 24.4 Å². The molecule has 2 unspecified atom stereocenters. The van der Waals surface area contributed by atoms with Crippen molar-refractivity contribution in [1.29, 1.82) is 0 Å². The van der Waals surface area contributed by atoms with Gasteiger partial charge in [-0.25, -0.2) is 0 Å². The van der Waals surface area contributed by atoms with Gasteiger partial charge in [0.2, 0.25) is 5.91 Å². The number of benzene rings is 3. The van der Waals surface area contributed by atoms with Crippen LogP contribution in [0.4, 0.5) is 5.69 Å². The van der Waals surface area contributed by atoms with Gasteiger partial charge in [0.05, 0.1) is 24.2 Å². The molecule has 1 spiro atoms. The summed E-state index contributed by atoms with van der Waals surface area (Å²) in [7, 11) is 0. The van der Waals surface area contributed by atoms with E-state index in [0.717, 1.165) is 42.5 Å². The SMILES string of the molecule is O=C1N(c2ccccc2)[C@H](c2ccc(C[C@@H]3OC(CO)[C@@H](O)[C@H](O)C3O)cc2)C12CCC(c1ccccc1)CC2. The van der Waals surface area contributed by atoms with Crippen LogP contribution in [0.15, 0.2) is 84.9 Å². The molecule has 0 radical (unpaired) electrons. The molecule has 40 heavy (non-hydrogen) atoms. The molecule has 6 rings (SSSR count). The molecular weight excluding hydrogens is 506 g/mol. The second-order valence-electron chi connectivity index (χ2n) is 11.6. The summed E-state index contributed by atoms with van der Waals surface area (Å²) in [5.41, 5.74) is 3.78. The number of ether oxygens (including phenoxy) is 1. The fraction of sp³-hybridized carbons (Fsp3) is 0.424. The van der Waals surface area contributed by atoms with Crippen LogP contribution in [0.2, 0.25) is 0 Å². The van der Waals surface area contributed by atoms with E-state index >= 15 is 0 Å². The zero-order valence-corrected chi connectivity index (χ0v) is 22.4. The number of carbonyl (C=O) groups excluding carboxylic acids is 1. The third kappa shape index (κ3) is 4.66. The van der Waals surface area contributed by atoms with Crippen molar-refractivity contribution in [3.8, 4) is 0 Å². The van der Waals surface area contributed by atoms with E-state index in [0.29, 0.717) is 12.3 Å². The number of hydrogen-bond donors (Lipinski definition) is 4. The lowest BCUT2D eigenvalue weighted by atomic mass is 9.57. The summed E-state index contributed by atoms with van der Waals surface area (Å²) in [4.78, 5) is 15.8. The maximum absolute atomic E-state index is 13.9. The average molecular weight is 544 g/mol. The fourth-order valence-electron chi connectivity index (χ4n) is 7.07. The zero-order chi connectivity index (χ0) is 27.9. The van der Waals surface area contributed by atoms with Crippen molar-refractivity contribution in [2.24, 2.45) is 5.41 Å². The highest BCUT2D eigenvalue weighted by molar-refractivity contribution is 6.06. The van der Waals surface area contributed by atoms with Gasteiger partial charge in [0, 0.05) is 12.1 Å². The molecule has 210 valence electrons. The van der Waals surface area contributed by atoms with Crippen molar-refractivity contribution in [2.45, 2.75) is 74.6 Å². The molecule has 7 nitrogen and oxygen atoms in total. The van der Waals surface area contributed by atoms with Gasteiger partial charge in [-0.05, 0) is 60.4 Å². The highest BCUT2D eigenvalue weighted by Crippen LogP contribution is 2.60. The summed E-state index contributed by atoms with van der Waals surface area (Å²) >= 11 is 0. The van der Waals surface area contributed by atoms with E-state index in [1.54, 1.807) is 0 Å². The molecule has 4 N–H and O–H groups in total. The third-order valence-corrected chi connectivity index (χ3v) is 9.33. The molecule has 1 saturated carbocycles. The van der Waals surface area contributed by atoms with Crippen LogP contribution < -0.4 is 4.90 Å². The summed E-state index contributed by atoms with van der Waals surface area (Å²) in [5.74, 6) is 0.660. The molecule has 6 atom stereocenters. The Bertz CT molecular complexity index is 1290. The Morgan fingerprint density at radius 1 is 0.750 bits per heavy atom. The normalized spacial score (nSPS) is 34.0. The second kappa shape index (κ2) is 11.1. The molecule has 2 saturated heterocycles. The molecule has 0 aromatic heterocycles. The Morgan fingerprint density at radius 3 is 1.98 bits per heavy atom. The van der Waals surface area contributed by atoms with Crippen molar-refractivity contribution < 1.29 is 30.0 Å². The van der Waals surface area contributed by atoms with Gasteiger partial charge in [-0.3, -0.25) is 4.79 Å². The number of rotatable bonds is 6. The lowest BCUT2D eigenvalue weighted by Gasteiger charge is -2.58. The molecule has 3 aromatic rings. The number of anilines is 1. The minimum Gasteiger partial charge on any atom is -0.394 e. The van der Waals surface area contributed by atoms with Crippen molar-refractivity contribution >= 4 is 11.6 Å². The quantitative estimate of drug-likeness (QED) is 0.354. The van der Waals surface area contributed by atoms with E-state index < -0.39 is 42.5 Å². The Hall–Kier alpha value is -3.07. The van der Waals surface area contributed by atoms with Gasteiger partial charge >= 0.3 is 0 Å². The van der Waals surface area contributed by atoms with Crippen LogP contribution in [-0.4, -0.2) is 63.5 Å². The number of β-lactam (4-membered cyclic amide) rings is 1. The Labute approximate surface area is 234 Å². The Morgan fingerprint density at radius 2 is 1.35 bits per heavy atom. The van der Waals surface area contributed by atoms with E-state index in [1.807, 2.05) is 53.4 Å². The monoisotopic (exact) mass is 543 g/mol. The van der Waals surface area contributed by atoms with Gasteiger partial charge in [-0.1, -0.05) is 72.8 Å². The Kier molecular flexibility index (Phi) is 7.50. The fourth-order valence-corrected chi connectivity index (χ4v) is 7.07. The van der Waals surface area contributed by atoms with Gasteiger partial charge in [0.25, 0.3) is 0 Å². The van der Waals surface area contributed by atoms with Gasteiger partial charge in [0.15, 0.2) is 0 Å². The zero-order valence-electron chi connectivity index (χ0n) is 22.4. The maximum Gasteiger partial charge on any atom is 0.236 e. The van der Waals surface area contributed by atoms with Crippen LogP contribution in [0.1, 0.15) is 54.3 Å². The summed E-state index contributed by atoms with van der Waals surface area (Å²) in [5, 5.41) is 40.2. The first-order valence-corrected chi connectivity index (χ1v) is 14.3. The third-order valence-electron chi connectivity index (χ3n) is 9.33. The minimum atomic E-state index is -1.39. The first-order chi connectivity index (χ1) is 19.4. The molecule has 3 fully saturated rings. The molecule has 2 heterocycles. The molecule has 2 aliphatic heterocycles. The van der Waals surface area contributed by atoms with E-state index in [-0.39, 0.29) is 11.9 Å². The van der Waals surface area contributed by atoms with E-state index in [2.05, 4.69) is 36.4 Å². The minimum absolute atomic E-state index is 0.0690. The first kappa shape index (κ1) is 27.1. The summed E-state index contributed by atoms with van der Waals surface area (Å²) in [6, 6.07) is 28.4. The van der Waals surface area contributed by atoms with Crippen LogP contribution in [0, 0.1) is 5.41 Å². The van der Waals surface area contributed by atoms with E-state index in [9.17, 15) is 25.2 Å². The number of amides is 1. The van der Waals surface area contributed by atoms with Gasteiger partial charge in [-0.2, -0.15) is 0 Å². The number of nitrogens with zero attached hydrogens (tertiary/aromatic N) is 1. The highest BCUT2D eigenvalue weighted by Gasteiger charge is 2.62. The average Bonchev–Trinajstić information content (AvgIpc) is 3.01. The summed E-state index contributed by atoms with van der Waals surface area (Å²) in [6.45, 7) is -0.446. The lowest BCUT2D eigenvalue weighted by molar-refractivity contribution is -0.228. The number of hydrogen-bond acceptors (Lipinski definition) is 6. The van der Waals surface area contributed by atoms with Crippen LogP contribution in [0.3, 0.4) is 0 Å². The summed E-state index contributed by atoms with van der Waals surface area (Å²) < 4.78 is 5.71. The molecule has 7 heteroatoms. The van der Waals surface area contributed by atoms with Gasteiger partial charge in [-0.15, -0.1) is 0 Å². The standard InChI is InChI=1S/C33H37NO6/c35-20-27-29(37)30(38)28(36)26(40-27)19-21-11-13-24(14-12-21)31-33(32(39)34(31)25-9-5-2-6-10-25)17-15-23(16-18-33)22-7-3-1-4-8-22/h1-14,23,26-31,35-38H,15-20H2/t23?,26-,27?,28?,29+,30+,31+,33?/m0/s1. The second-order valence-corrected chi connectivity index (χ2v) is 11.6. The van der Waals surface area contributed by atoms with E-state index in [4.69, 9.17) is 4.74 Å². The van der Waals surface area contributed by atoms with Crippen molar-refractivity contribution in [3.63, 3.8) is 0 Å². The molecular formula is C33H37NO6. The predicted molar refractivity (Wildman–Crippen MR) is 151 cm³/mol. The molecule has 0 bridgehead atoms. The summed E-state index contributed by atoms with van der Waals surface area (Å²) in [6.07, 6.45) is -1.75. The molecule has 3 aromatic carbocycles. The first-order valence-electron chi connectivity index (χ1n) is 14.3.